The number of nitrogen functional groups attached to an aromatic ring is 1. The zero-order valence-electron chi connectivity index (χ0n) is 16.9. The standard InChI is InChI=1S/C22H24N4O3S/c1-3-4-19(26-21-6-5-15(12-24-21)22(27)28)16-9-17(23)11-18(10-16)29-8-7-20-14(2)25-13-30-20/h4-6,9-13H,3,7-8,23H2,1-2H3,(H,24,26)(H,27,28). The summed E-state index contributed by atoms with van der Waals surface area (Å²) in [5.41, 5.74) is 11.4. The Morgan fingerprint density at radius 1 is 1.27 bits per heavy atom. The van der Waals surface area contributed by atoms with Crippen LogP contribution >= 0.6 is 11.3 Å². The number of allylic oxidation sites excluding steroid dienone is 1. The highest BCUT2D eigenvalue weighted by Gasteiger charge is 2.09. The number of pyridine rings is 1. The molecular weight excluding hydrogens is 400 g/mol. The fraction of sp³-hybridized carbons (Fsp3) is 0.227. The Hall–Kier alpha value is -3.39. The van der Waals surface area contributed by atoms with Gasteiger partial charge >= 0.3 is 5.97 Å². The Kier molecular flexibility index (Phi) is 7.03. The lowest BCUT2D eigenvalue weighted by Gasteiger charge is -2.14. The molecule has 30 heavy (non-hydrogen) atoms. The molecule has 7 nitrogen and oxygen atoms in total. The van der Waals surface area contributed by atoms with Gasteiger partial charge in [0.15, 0.2) is 0 Å². The van der Waals surface area contributed by atoms with Crippen LogP contribution in [0.3, 0.4) is 0 Å². The van der Waals surface area contributed by atoms with E-state index in [0.717, 1.165) is 29.8 Å². The van der Waals surface area contributed by atoms with Gasteiger partial charge in [0.2, 0.25) is 0 Å². The number of nitrogens with one attached hydrogen (secondary N) is 1. The normalized spacial score (nSPS) is 11.3. The second-order valence-corrected chi connectivity index (χ2v) is 7.58. The number of nitrogens with two attached hydrogens (primary N) is 1. The highest BCUT2D eigenvalue weighted by atomic mass is 32.1. The maximum atomic E-state index is 11.0. The molecule has 0 bridgehead atoms. The molecule has 0 spiro atoms. The van der Waals surface area contributed by atoms with Gasteiger partial charge < -0.3 is 20.9 Å². The van der Waals surface area contributed by atoms with Gasteiger partial charge in [-0.1, -0.05) is 13.0 Å². The molecule has 156 valence electrons. The number of rotatable bonds is 9. The molecule has 0 aliphatic carbocycles. The van der Waals surface area contributed by atoms with Crippen LogP contribution in [0.5, 0.6) is 5.75 Å². The minimum Gasteiger partial charge on any atom is -0.493 e. The first-order valence-electron chi connectivity index (χ1n) is 9.55. The van der Waals surface area contributed by atoms with Gasteiger partial charge in [0.1, 0.15) is 11.6 Å². The second kappa shape index (κ2) is 9.89. The summed E-state index contributed by atoms with van der Waals surface area (Å²) in [6, 6.07) is 8.73. The predicted octanol–water partition coefficient (Wildman–Crippen LogP) is 4.61. The second-order valence-electron chi connectivity index (χ2n) is 6.64. The van der Waals surface area contributed by atoms with Gasteiger partial charge in [-0.3, -0.25) is 0 Å². The summed E-state index contributed by atoms with van der Waals surface area (Å²) in [4.78, 5) is 20.7. The fourth-order valence-corrected chi connectivity index (χ4v) is 3.63. The van der Waals surface area contributed by atoms with E-state index in [4.69, 9.17) is 15.6 Å². The van der Waals surface area contributed by atoms with E-state index in [1.807, 2.05) is 37.6 Å². The van der Waals surface area contributed by atoms with Crippen molar-refractivity contribution < 1.29 is 14.6 Å². The van der Waals surface area contributed by atoms with Crippen LogP contribution in [0.15, 0.2) is 48.1 Å². The highest BCUT2D eigenvalue weighted by Crippen LogP contribution is 2.26. The summed E-state index contributed by atoms with van der Waals surface area (Å²) in [5, 5.41) is 12.3. The van der Waals surface area contributed by atoms with Crippen LogP contribution in [0.4, 0.5) is 11.5 Å². The third kappa shape index (κ3) is 5.57. The van der Waals surface area contributed by atoms with Crippen LogP contribution in [-0.2, 0) is 6.42 Å². The van der Waals surface area contributed by atoms with Crippen LogP contribution in [0.25, 0.3) is 5.70 Å². The van der Waals surface area contributed by atoms with Gasteiger partial charge in [0.25, 0.3) is 0 Å². The molecule has 0 unspecified atom stereocenters. The van der Waals surface area contributed by atoms with Crippen molar-refractivity contribution in [2.24, 2.45) is 0 Å². The number of aryl methyl sites for hydroxylation is 1. The zero-order chi connectivity index (χ0) is 21.5. The molecule has 3 rings (SSSR count). The molecular formula is C22H24N4O3S. The third-order valence-electron chi connectivity index (χ3n) is 4.36. The fourth-order valence-electron chi connectivity index (χ4n) is 2.87. The van der Waals surface area contributed by atoms with Gasteiger partial charge in [-0.15, -0.1) is 11.3 Å². The first-order valence-corrected chi connectivity index (χ1v) is 10.4. The first-order chi connectivity index (χ1) is 14.5. The van der Waals surface area contributed by atoms with Crippen molar-refractivity contribution in [2.75, 3.05) is 17.7 Å². The number of aromatic nitrogens is 2. The number of carboxylic acids is 1. The lowest BCUT2D eigenvalue weighted by Crippen LogP contribution is -2.05. The van der Waals surface area contributed by atoms with Crippen molar-refractivity contribution in [2.45, 2.75) is 26.7 Å². The minimum absolute atomic E-state index is 0.136. The minimum atomic E-state index is -1.01. The number of aromatic carboxylic acids is 1. The zero-order valence-corrected chi connectivity index (χ0v) is 17.7. The number of carbonyl (C=O) groups is 1. The van der Waals surface area contributed by atoms with E-state index in [9.17, 15) is 4.79 Å². The molecule has 0 amide bonds. The van der Waals surface area contributed by atoms with Gasteiger partial charge in [0, 0.05) is 40.5 Å². The molecule has 8 heteroatoms. The Morgan fingerprint density at radius 3 is 2.73 bits per heavy atom. The average molecular weight is 425 g/mol. The molecule has 0 atom stereocenters. The van der Waals surface area contributed by atoms with E-state index in [2.05, 4.69) is 15.3 Å². The average Bonchev–Trinajstić information content (AvgIpc) is 3.12. The largest absolute Gasteiger partial charge is 0.493 e. The van der Waals surface area contributed by atoms with E-state index in [-0.39, 0.29) is 5.56 Å². The summed E-state index contributed by atoms with van der Waals surface area (Å²) in [6.07, 6.45) is 4.93. The van der Waals surface area contributed by atoms with E-state index in [0.29, 0.717) is 23.9 Å². The topological polar surface area (TPSA) is 110 Å². The van der Waals surface area contributed by atoms with Gasteiger partial charge in [-0.2, -0.15) is 0 Å². The monoisotopic (exact) mass is 424 g/mol. The van der Waals surface area contributed by atoms with E-state index < -0.39 is 5.97 Å². The molecule has 3 aromatic rings. The molecule has 0 aliphatic heterocycles. The smallest absolute Gasteiger partial charge is 0.337 e. The lowest BCUT2D eigenvalue weighted by molar-refractivity contribution is 0.0696. The highest BCUT2D eigenvalue weighted by molar-refractivity contribution is 7.09. The van der Waals surface area contributed by atoms with Crippen molar-refractivity contribution in [1.82, 2.24) is 9.97 Å². The Bertz CT molecular complexity index is 1040. The van der Waals surface area contributed by atoms with E-state index in [1.54, 1.807) is 23.5 Å². The summed E-state index contributed by atoms with van der Waals surface area (Å²) in [5.74, 6) is 0.222. The van der Waals surface area contributed by atoms with Gasteiger partial charge in [-0.05, 0) is 37.6 Å². The number of hydrogen-bond acceptors (Lipinski definition) is 7. The van der Waals surface area contributed by atoms with Crippen molar-refractivity contribution in [3.05, 3.63) is 69.8 Å². The Balaban J connectivity index is 1.74. The SMILES string of the molecule is CCC=C(Nc1ccc(C(=O)O)cn1)c1cc(N)cc(OCCc2scnc2C)c1. The lowest BCUT2D eigenvalue weighted by atomic mass is 10.1. The summed E-state index contributed by atoms with van der Waals surface area (Å²) in [6.45, 7) is 4.56. The molecule has 0 aliphatic rings. The molecule has 2 aromatic heterocycles. The van der Waals surface area contributed by atoms with Crippen LogP contribution in [0.2, 0.25) is 0 Å². The summed E-state index contributed by atoms with van der Waals surface area (Å²) >= 11 is 1.63. The van der Waals surface area contributed by atoms with Gasteiger partial charge in [-0.25, -0.2) is 14.8 Å². The van der Waals surface area contributed by atoms with E-state index >= 15 is 0 Å². The number of anilines is 2. The van der Waals surface area contributed by atoms with Crippen LogP contribution in [0, 0.1) is 6.92 Å². The maximum absolute atomic E-state index is 11.0. The van der Waals surface area contributed by atoms with Crippen molar-refractivity contribution in [3.8, 4) is 5.75 Å². The van der Waals surface area contributed by atoms with Crippen molar-refractivity contribution >= 4 is 34.5 Å². The summed E-state index contributed by atoms with van der Waals surface area (Å²) < 4.78 is 5.94. The third-order valence-corrected chi connectivity index (χ3v) is 5.36. The molecule has 0 fully saturated rings. The van der Waals surface area contributed by atoms with E-state index in [1.165, 1.54) is 17.1 Å². The number of thiazole rings is 1. The number of hydrogen-bond donors (Lipinski definition) is 3. The maximum Gasteiger partial charge on any atom is 0.337 e. The molecule has 0 saturated carbocycles. The molecule has 0 radical (unpaired) electrons. The molecule has 4 N–H and O–H groups in total. The Labute approximate surface area is 179 Å². The molecule has 2 heterocycles. The number of benzene rings is 1. The number of ether oxygens (including phenoxy) is 1. The van der Waals surface area contributed by atoms with Gasteiger partial charge in [0.05, 0.1) is 23.4 Å². The van der Waals surface area contributed by atoms with Crippen LogP contribution < -0.4 is 15.8 Å². The molecule has 1 aromatic carbocycles. The predicted molar refractivity (Wildman–Crippen MR) is 120 cm³/mol. The first kappa shape index (κ1) is 21.3. The van der Waals surface area contributed by atoms with Crippen molar-refractivity contribution in [3.63, 3.8) is 0 Å². The quantitative estimate of drug-likeness (QED) is 0.430. The summed E-state index contributed by atoms with van der Waals surface area (Å²) in [7, 11) is 0. The van der Waals surface area contributed by atoms with Crippen molar-refractivity contribution in [1.29, 1.82) is 0 Å². The van der Waals surface area contributed by atoms with Crippen LogP contribution in [0.1, 0.15) is 39.8 Å². The molecule has 0 saturated heterocycles. The number of nitrogens with zero attached hydrogens (tertiary/aromatic N) is 2. The number of carboxylic acid groups (broad SMARTS) is 1. The Morgan fingerprint density at radius 2 is 2.10 bits per heavy atom. The van der Waals surface area contributed by atoms with Crippen LogP contribution in [-0.4, -0.2) is 27.7 Å².